The SMILES string of the molecule is CCC(C)C(N)C(=O)N(C(=O)C(C)N)C(CC(C)C)(C(=O)O)C(=O)CN. The van der Waals surface area contributed by atoms with Crippen molar-refractivity contribution in [1.29, 1.82) is 0 Å². The molecule has 0 aliphatic carbocycles. The molecule has 26 heavy (non-hydrogen) atoms. The van der Waals surface area contributed by atoms with E-state index >= 15 is 0 Å². The maximum Gasteiger partial charge on any atom is 0.338 e. The van der Waals surface area contributed by atoms with Crippen LogP contribution < -0.4 is 17.2 Å². The molecule has 4 atom stereocenters. The molecule has 0 heterocycles. The molecule has 7 N–H and O–H groups in total. The number of Topliss-reactive ketones (excluding diaryl/α,β-unsaturated/α-hetero) is 1. The second-order valence-electron chi connectivity index (χ2n) is 7.10. The molecule has 0 radical (unpaired) electrons. The van der Waals surface area contributed by atoms with Crippen LogP contribution in [0.25, 0.3) is 0 Å². The maximum absolute atomic E-state index is 13.0. The highest BCUT2D eigenvalue weighted by Crippen LogP contribution is 2.29. The lowest BCUT2D eigenvalue weighted by Crippen LogP contribution is -2.70. The zero-order chi connectivity index (χ0) is 20.8. The molecule has 0 bridgehead atoms. The largest absolute Gasteiger partial charge is 0.479 e. The summed E-state index contributed by atoms with van der Waals surface area (Å²) in [5.74, 6) is -5.13. The van der Waals surface area contributed by atoms with Crippen LogP contribution in [0.5, 0.6) is 0 Å². The standard InChI is InChI=1S/C17H32N4O5/c1-6-10(4)13(20)15(24)21(14(23)11(5)19)17(16(25)26,7-9(2)3)12(22)8-18/h9-11,13H,6-8,18-20H2,1-5H3,(H,25,26). The second-order valence-corrected chi connectivity index (χ2v) is 7.10. The molecule has 0 rings (SSSR count). The van der Waals surface area contributed by atoms with E-state index in [1.807, 2.05) is 0 Å². The highest BCUT2D eigenvalue weighted by Gasteiger charge is 2.56. The lowest BCUT2D eigenvalue weighted by molar-refractivity contribution is -0.173. The summed E-state index contributed by atoms with van der Waals surface area (Å²) >= 11 is 0. The number of carbonyl (C=O) groups is 4. The van der Waals surface area contributed by atoms with E-state index in [0.29, 0.717) is 11.3 Å². The van der Waals surface area contributed by atoms with Gasteiger partial charge in [-0.1, -0.05) is 34.1 Å². The molecule has 9 heteroatoms. The van der Waals surface area contributed by atoms with Crippen molar-refractivity contribution in [3.8, 4) is 0 Å². The van der Waals surface area contributed by atoms with Gasteiger partial charge in [-0.15, -0.1) is 0 Å². The Bertz CT molecular complexity index is 549. The number of hydrogen-bond acceptors (Lipinski definition) is 7. The van der Waals surface area contributed by atoms with Gasteiger partial charge in [0.1, 0.15) is 0 Å². The van der Waals surface area contributed by atoms with Crippen LogP contribution in [0, 0.1) is 11.8 Å². The van der Waals surface area contributed by atoms with Crippen LogP contribution in [0.2, 0.25) is 0 Å². The number of hydrogen-bond donors (Lipinski definition) is 4. The minimum atomic E-state index is -2.43. The fraction of sp³-hybridized carbons (Fsp3) is 0.765. The summed E-state index contributed by atoms with van der Waals surface area (Å²) in [6.45, 7) is 7.52. The van der Waals surface area contributed by atoms with E-state index in [0.717, 1.165) is 0 Å². The molecule has 9 nitrogen and oxygen atoms in total. The zero-order valence-corrected chi connectivity index (χ0v) is 16.2. The van der Waals surface area contributed by atoms with E-state index in [-0.39, 0.29) is 18.3 Å². The van der Waals surface area contributed by atoms with Crippen molar-refractivity contribution in [2.24, 2.45) is 29.0 Å². The van der Waals surface area contributed by atoms with E-state index in [1.54, 1.807) is 27.7 Å². The average molecular weight is 372 g/mol. The predicted octanol–water partition coefficient (Wildman–Crippen LogP) is -0.540. The van der Waals surface area contributed by atoms with Crippen LogP contribution in [-0.4, -0.2) is 57.7 Å². The van der Waals surface area contributed by atoms with Crippen LogP contribution in [0.15, 0.2) is 0 Å². The molecule has 0 aromatic rings. The summed E-state index contributed by atoms with van der Waals surface area (Å²) in [7, 11) is 0. The summed E-state index contributed by atoms with van der Waals surface area (Å²) in [6.07, 6.45) is 0.248. The number of amides is 2. The second kappa shape index (κ2) is 9.75. The molecular weight excluding hydrogens is 340 g/mol. The smallest absolute Gasteiger partial charge is 0.338 e. The minimum Gasteiger partial charge on any atom is -0.479 e. The Morgan fingerprint density at radius 1 is 1.04 bits per heavy atom. The van der Waals surface area contributed by atoms with Crippen molar-refractivity contribution in [2.45, 2.75) is 65.1 Å². The molecule has 0 aromatic carbocycles. The van der Waals surface area contributed by atoms with Crippen LogP contribution in [0.1, 0.15) is 47.5 Å². The number of aliphatic carboxylic acids is 1. The lowest BCUT2D eigenvalue weighted by Gasteiger charge is -2.41. The van der Waals surface area contributed by atoms with Crippen molar-refractivity contribution in [1.82, 2.24) is 4.90 Å². The van der Waals surface area contributed by atoms with Crippen LogP contribution in [0.3, 0.4) is 0 Å². The molecule has 150 valence electrons. The van der Waals surface area contributed by atoms with Gasteiger partial charge in [-0.2, -0.15) is 0 Å². The highest BCUT2D eigenvalue weighted by atomic mass is 16.4. The van der Waals surface area contributed by atoms with Crippen LogP contribution in [-0.2, 0) is 19.2 Å². The molecule has 0 saturated heterocycles. The molecule has 0 aliphatic rings. The normalized spacial score (nSPS) is 17.1. The number of imide groups is 1. The summed E-state index contributed by atoms with van der Waals surface area (Å²) in [6, 6.07) is -2.35. The van der Waals surface area contributed by atoms with E-state index in [4.69, 9.17) is 17.2 Å². The average Bonchev–Trinajstić information content (AvgIpc) is 2.57. The van der Waals surface area contributed by atoms with Crippen molar-refractivity contribution < 1.29 is 24.3 Å². The Kier molecular flexibility index (Phi) is 9.06. The third kappa shape index (κ3) is 4.87. The van der Waals surface area contributed by atoms with Gasteiger partial charge in [0.25, 0.3) is 0 Å². The zero-order valence-electron chi connectivity index (χ0n) is 16.2. The van der Waals surface area contributed by atoms with Crippen molar-refractivity contribution in [2.75, 3.05) is 6.54 Å². The van der Waals surface area contributed by atoms with E-state index in [9.17, 15) is 24.3 Å². The predicted molar refractivity (Wildman–Crippen MR) is 96.8 cm³/mol. The first-order chi connectivity index (χ1) is 11.9. The Labute approximate surface area is 154 Å². The van der Waals surface area contributed by atoms with E-state index < -0.39 is 47.7 Å². The van der Waals surface area contributed by atoms with Gasteiger partial charge in [0.2, 0.25) is 17.4 Å². The number of carboxylic acids is 1. The third-order valence-corrected chi connectivity index (χ3v) is 4.46. The van der Waals surface area contributed by atoms with Gasteiger partial charge in [0, 0.05) is 0 Å². The van der Waals surface area contributed by atoms with Crippen molar-refractivity contribution in [3.63, 3.8) is 0 Å². The quantitative estimate of drug-likeness (QED) is 0.370. The number of carboxylic acid groups (broad SMARTS) is 1. The molecule has 4 unspecified atom stereocenters. The van der Waals surface area contributed by atoms with Crippen molar-refractivity contribution >= 4 is 23.6 Å². The van der Waals surface area contributed by atoms with Gasteiger partial charge in [-0.25, -0.2) is 4.79 Å². The monoisotopic (exact) mass is 372 g/mol. The third-order valence-electron chi connectivity index (χ3n) is 4.46. The number of nitrogens with two attached hydrogens (primary N) is 3. The number of nitrogens with zero attached hydrogens (tertiary/aromatic N) is 1. The summed E-state index contributed by atoms with van der Waals surface area (Å²) in [5.41, 5.74) is 14.6. The lowest BCUT2D eigenvalue weighted by atomic mass is 9.81. The molecule has 0 spiro atoms. The van der Waals surface area contributed by atoms with Gasteiger partial charge in [-0.05, 0) is 25.2 Å². The Hall–Kier alpha value is -1.84. The van der Waals surface area contributed by atoms with Gasteiger partial charge < -0.3 is 22.3 Å². The fourth-order valence-electron chi connectivity index (χ4n) is 2.73. The topological polar surface area (TPSA) is 170 Å². The molecule has 2 amide bonds. The van der Waals surface area contributed by atoms with Crippen LogP contribution in [0.4, 0.5) is 0 Å². The maximum atomic E-state index is 13.0. The Morgan fingerprint density at radius 2 is 1.54 bits per heavy atom. The number of carbonyl (C=O) groups excluding carboxylic acids is 3. The van der Waals surface area contributed by atoms with E-state index in [2.05, 4.69) is 0 Å². The fourth-order valence-corrected chi connectivity index (χ4v) is 2.73. The molecule has 0 saturated carbocycles. The van der Waals surface area contributed by atoms with Gasteiger partial charge in [0.05, 0.1) is 18.6 Å². The summed E-state index contributed by atoms with van der Waals surface area (Å²) in [4.78, 5) is 51.0. The van der Waals surface area contributed by atoms with Gasteiger partial charge in [-0.3, -0.25) is 19.3 Å². The Morgan fingerprint density at radius 3 is 1.85 bits per heavy atom. The molecular formula is C17H32N4O5. The first-order valence-electron chi connectivity index (χ1n) is 8.74. The molecule has 0 aliphatic heterocycles. The number of rotatable bonds is 10. The molecule has 0 aromatic heterocycles. The summed E-state index contributed by atoms with van der Waals surface area (Å²) < 4.78 is 0. The molecule has 0 fully saturated rings. The first kappa shape index (κ1) is 24.2. The highest BCUT2D eigenvalue weighted by molar-refractivity contribution is 6.16. The number of ketones is 1. The Balaban J connectivity index is 6.62. The summed E-state index contributed by atoms with van der Waals surface area (Å²) in [5, 5.41) is 9.90. The van der Waals surface area contributed by atoms with Gasteiger partial charge in [0.15, 0.2) is 5.78 Å². The van der Waals surface area contributed by atoms with Gasteiger partial charge >= 0.3 is 5.97 Å². The first-order valence-corrected chi connectivity index (χ1v) is 8.74. The van der Waals surface area contributed by atoms with E-state index in [1.165, 1.54) is 6.92 Å². The van der Waals surface area contributed by atoms with Crippen LogP contribution >= 0.6 is 0 Å². The minimum absolute atomic E-state index is 0.282. The van der Waals surface area contributed by atoms with Crippen molar-refractivity contribution in [3.05, 3.63) is 0 Å².